The van der Waals surface area contributed by atoms with Gasteiger partial charge >= 0.3 is 0 Å². The van der Waals surface area contributed by atoms with Crippen molar-refractivity contribution in [3.05, 3.63) is 70.5 Å². The number of isothiocyanates is 1. The van der Waals surface area contributed by atoms with E-state index in [1.165, 1.54) is 56.6 Å². The van der Waals surface area contributed by atoms with E-state index in [4.69, 9.17) is 0 Å². The van der Waals surface area contributed by atoms with Gasteiger partial charge in [0.25, 0.3) is 0 Å². The number of rotatable bonds is 3. The molecule has 3 heteroatoms. The van der Waals surface area contributed by atoms with Crippen molar-refractivity contribution in [3.63, 3.8) is 0 Å². The molecule has 0 atom stereocenters. The first kappa shape index (κ1) is 20.6. The van der Waals surface area contributed by atoms with E-state index in [1.807, 2.05) is 0 Å². The van der Waals surface area contributed by atoms with Crippen LogP contribution in [0.3, 0.4) is 0 Å². The Morgan fingerprint density at radius 2 is 1.47 bits per heavy atom. The van der Waals surface area contributed by atoms with E-state index in [0.29, 0.717) is 11.5 Å². The van der Waals surface area contributed by atoms with Crippen LogP contribution in [0.25, 0.3) is 0 Å². The molecule has 30 heavy (non-hydrogen) atoms. The Bertz CT molecular complexity index is 1060. The second-order valence-corrected chi connectivity index (χ2v) is 8.59. The fraction of sp³-hybridized carbons (Fsp3) is 0.370. The third-order valence-electron chi connectivity index (χ3n) is 6.20. The van der Waals surface area contributed by atoms with E-state index in [2.05, 4.69) is 70.4 Å². The Hall–Kier alpha value is -2.71. The van der Waals surface area contributed by atoms with Crippen molar-refractivity contribution < 1.29 is 4.39 Å². The highest BCUT2D eigenvalue weighted by molar-refractivity contribution is 7.78. The maximum Gasteiger partial charge on any atom is 0.140 e. The molecule has 2 aromatic carbocycles. The number of halogens is 1. The first-order valence-electron chi connectivity index (χ1n) is 10.7. The summed E-state index contributed by atoms with van der Waals surface area (Å²) in [7, 11) is 0. The molecule has 0 spiro atoms. The van der Waals surface area contributed by atoms with Crippen LogP contribution in [-0.4, -0.2) is 5.16 Å². The van der Waals surface area contributed by atoms with E-state index in [1.54, 1.807) is 12.1 Å². The molecule has 0 unspecified atom stereocenters. The zero-order valence-corrected chi connectivity index (χ0v) is 17.8. The van der Waals surface area contributed by atoms with Gasteiger partial charge in [0, 0.05) is 11.1 Å². The highest BCUT2D eigenvalue weighted by Gasteiger charge is 2.28. The molecule has 2 aliphatic rings. The summed E-state index contributed by atoms with van der Waals surface area (Å²) in [6.45, 7) is 0. The normalized spacial score (nSPS) is 20.2. The first-order chi connectivity index (χ1) is 14.7. The van der Waals surface area contributed by atoms with Crippen LogP contribution < -0.4 is 0 Å². The minimum atomic E-state index is -0.415. The zero-order chi connectivity index (χ0) is 20.8. The van der Waals surface area contributed by atoms with Crippen LogP contribution in [-0.2, 0) is 0 Å². The molecule has 0 amide bonds. The highest BCUT2D eigenvalue weighted by atomic mass is 32.1. The van der Waals surface area contributed by atoms with Crippen LogP contribution in [0.4, 0.5) is 4.39 Å². The van der Waals surface area contributed by atoms with Crippen LogP contribution in [0.15, 0.2) is 47.5 Å². The number of nitrogens with zero attached hydrogens (tertiary/aromatic N) is 1. The molecule has 0 bridgehead atoms. The molecule has 2 fully saturated rings. The monoisotopic (exact) mass is 413 g/mol. The Morgan fingerprint density at radius 3 is 2.10 bits per heavy atom. The molecule has 2 saturated carbocycles. The average Bonchev–Trinajstić information content (AvgIpc) is 3.59. The smallest absolute Gasteiger partial charge is 0.140 e. The van der Waals surface area contributed by atoms with Gasteiger partial charge in [-0.25, -0.2) is 4.39 Å². The molecule has 150 valence electrons. The van der Waals surface area contributed by atoms with Crippen molar-refractivity contribution in [2.45, 2.75) is 50.9 Å². The quantitative estimate of drug-likeness (QED) is 0.309. The summed E-state index contributed by atoms with van der Waals surface area (Å²) in [5, 5.41) is 2.13. The minimum Gasteiger partial charge on any atom is -0.206 e. The third-order valence-corrected chi connectivity index (χ3v) is 6.30. The molecule has 4 rings (SSSR count). The highest BCUT2D eigenvalue weighted by Crippen LogP contribution is 2.43. The molecule has 2 aliphatic carbocycles. The lowest BCUT2D eigenvalue weighted by atomic mass is 9.77. The van der Waals surface area contributed by atoms with Crippen molar-refractivity contribution >= 4 is 17.4 Å². The van der Waals surface area contributed by atoms with Gasteiger partial charge in [-0.2, -0.15) is 0 Å². The predicted molar refractivity (Wildman–Crippen MR) is 123 cm³/mol. The van der Waals surface area contributed by atoms with Gasteiger partial charge in [-0.15, -0.1) is 4.99 Å². The summed E-state index contributed by atoms with van der Waals surface area (Å²) in [4.78, 5) is 3.47. The molecular formula is C27H24FNS. The summed E-state index contributed by atoms with van der Waals surface area (Å²) >= 11 is 4.44. The maximum atomic E-state index is 14.1. The number of hydrogen-bond acceptors (Lipinski definition) is 2. The first-order valence-corrected chi connectivity index (χ1v) is 11.1. The molecule has 0 heterocycles. The molecule has 0 aliphatic heterocycles. The fourth-order valence-corrected chi connectivity index (χ4v) is 4.39. The van der Waals surface area contributed by atoms with Crippen molar-refractivity contribution in [1.82, 2.24) is 0 Å². The van der Waals surface area contributed by atoms with E-state index in [0.717, 1.165) is 17.4 Å². The fourth-order valence-electron chi connectivity index (χ4n) is 4.34. The maximum absolute atomic E-state index is 14.1. The summed E-state index contributed by atoms with van der Waals surface area (Å²) in [5.74, 6) is 11.0. The molecule has 0 N–H and O–H groups in total. The number of thiocarbonyl (C=S) groups is 1. The van der Waals surface area contributed by atoms with Crippen molar-refractivity contribution in [2.75, 3.05) is 0 Å². The lowest BCUT2D eigenvalue weighted by Crippen LogP contribution is -2.13. The largest absolute Gasteiger partial charge is 0.206 e. The van der Waals surface area contributed by atoms with Gasteiger partial charge in [0.05, 0.1) is 16.8 Å². The number of benzene rings is 2. The average molecular weight is 414 g/mol. The van der Waals surface area contributed by atoms with Crippen LogP contribution in [0.1, 0.15) is 73.1 Å². The van der Waals surface area contributed by atoms with Crippen LogP contribution in [0.2, 0.25) is 0 Å². The molecule has 2 aromatic rings. The van der Waals surface area contributed by atoms with Gasteiger partial charge in [-0.05, 0) is 104 Å². The number of aliphatic imine (C=N–C) groups is 1. The van der Waals surface area contributed by atoms with Gasteiger partial charge in [-0.3, -0.25) is 0 Å². The van der Waals surface area contributed by atoms with Crippen LogP contribution in [0.5, 0.6) is 0 Å². The van der Waals surface area contributed by atoms with Crippen molar-refractivity contribution in [3.8, 4) is 23.8 Å². The summed E-state index contributed by atoms with van der Waals surface area (Å²) in [6, 6.07) is 15.8. The van der Waals surface area contributed by atoms with Gasteiger partial charge in [-0.1, -0.05) is 36.8 Å². The molecular weight excluding hydrogens is 389 g/mol. The standard InChI is InChI=1S/C27H24FNS/c28-27-18-23(9-14-26(27)15-16-29-19-30)2-1-20-5-10-24(11-6-20)25-12-7-22(8-13-25)17-21-3-4-21/h5-6,9-11,14,18,21-22,25H,3-4,7-8,12-13,17H2. The second-order valence-electron chi connectivity index (χ2n) is 8.40. The molecule has 0 saturated heterocycles. The van der Waals surface area contributed by atoms with Gasteiger partial charge < -0.3 is 0 Å². The zero-order valence-electron chi connectivity index (χ0n) is 17.0. The van der Waals surface area contributed by atoms with Crippen LogP contribution in [0, 0.1) is 41.5 Å². The Morgan fingerprint density at radius 1 is 0.833 bits per heavy atom. The predicted octanol–water partition coefficient (Wildman–Crippen LogP) is 6.71. The number of hydrogen-bond donors (Lipinski definition) is 0. The summed E-state index contributed by atoms with van der Waals surface area (Å²) in [5.41, 5.74) is 3.26. The van der Waals surface area contributed by atoms with Gasteiger partial charge in [0.2, 0.25) is 0 Å². The van der Waals surface area contributed by atoms with E-state index in [9.17, 15) is 4.39 Å². The van der Waals surface area contributed by atoms with E-state index < -0.39 is 5.82 Å². The Labute approximate surface area is 183 Å². The van der Waals surface area contributed by atoms with Crippen molar-refractivity contribution in [2.24, 2.45) is 16.8 Å². The molecule has 1 nitrogen and oxygen atoms in total. The molecule has 0 aromatic heterocycles. The summed E-state index contributed by atoms with van der Waals surface area (Å²) < 4.78 is 14.1. The van der Waals surface area contributed by atoms with Gasteiger partial charge in [0.1, 0.15) is 5.82 Å². The SMILES string of the molecule is Fc1cc(C#Cc2ccc(C3CCC(CC4CC4)CC3)cc2)ccc1C#CN=C=S. The Kier molecular flexibility index (Phi) is 6.76. The minimum absolute atomic E-state index is 0.269. The third kappa shape index (κ3) is 5.67. The van der Waals surface area contributed by atoms with E-state index >= 15 is 0 Å². The van der Waals surface area contributed by atoms with Crippen LogP contribution >= 0.6 is 12.2 Å². The second kappa shape index (κ2) is 9.86. The lowest BCUT2D eigenvalue weighted by molar-refractivity contribution is 0.299. The van der Waals surface area contributed by atoms with Gasteiger partial charge in [0.15, 0.2) is 0 Å². The summed E-state index contributed by atoms with van der Waals surface area (Å²) in [6.07, 6.45) is 9.79. The van der Waals surface area contributed by atoms with E-state index in [-0.39, 0.29) is 5.56 Å². The molecule has 0 radical (unpaired) electrons. The topological polar surface area (TPSA) is 12.4 Å². The Balaban J connectivity index is 1.36. The van der Waals surface area contributed by atoms with Crippen molar-refractivity contribution in [1.29, 1.82) is 0 Å². The lowest BCUT2D eigenvalue weighted by Gasteiger charge is -2.28.